The number of halogens is 3. The van der Waals surface area contributed by atoms with E-state index in [4.69, 9.17) is 24.4 Å². The minimum atomic E-state index is -2.45. The molecule has 0 aliphatic heterocycles. The van der Waals surface area contributed by atoms with E-state index in [9.17, 15) is 38.3 Å². The predicted octanol–water partition coefficient (Wildman–Crippen LogP) is 3.47. The Hall–Kier alpha value is -4.26. The Bertz CT molecular complexity index is 1840. The Labute approximate surface area is 331 Å². The topological polar surface area (TPSA) is 214 Å². The Balaban J connectivity index is 1.29. The molecule has 312 valence electrons. The third-order valence-corrected chi connectivity index (χ3v) is 12.9. The van der Waals surface area contributed by atoms with Crippen molar-refractivity contribution in [1.29, 1.82) is 0 Å². The van der Waals surface area contributed by atoms with Crippen LogP contribution >= 0.6 is 11.8 Å². The molecule has 18 heteroatoms. The number of nitrogens with one attached hydrogen (secondary N) is 2. The Morgan fingerprint density at radius 1 is 1.21 bits per heavy atom. The van der Waals surface area contributed by atoms with Crippen molar-refractivity contribution < 1.29 is 65.7 Å². The number of hydrogen-bond donors (Lipinski definition) is 4. The number of amides is 2. The van der Waals surface area contributed by atoms with Crippen molar-refractivity contribution in [1.82, 2.24) is 10.6 Å². The first-order valence-corrected chi connectivity index (χ1v) is 19.5. The van der Waals surface area contributed by atoms with Crippen molar-refractivity contribution >= 4 is 46.4 Å². The van der Waals surface area contributed by atoms with Crippen molar-refractivity contribution in [2.45, 2.75) is 89.1 Å². The lowest BCUT2D eigenvalue weighted by molar-refractivity contribution is -0.221. The zero-order valence-corrected chi connectivity index (χ0v) is 32.7. The van der Waals surface area contributed by atoms with E-state index in [1.165, 1.54) is 31.4 Å². The van der Waals surface area contributed by atoms with E-state index < -0.39 is 118 Å². The summed E-state index contributed by atoms with van der Waals surface area (Å²) in [5.74, 6) is -6.69. The number of ether oxygens (including phenoxy) is 3. The summed E-state index contributed by atoms with van der Waals surface area (Å²) in [6.45, 7) is 7.10. The van der Waals surface area contributed by atoms with Crippen molar-refractivity contribution in [3.8, 4) is 0 Å². The number of carbonyl (C=O) groups is 6. The lowest BCUT2D eigenvalue weighted by Gasteiger charge is -2.63. The lowest BCUT2D eigenvalue weighted by atomic mass is 9.44. The smallest absolute Gasteiger partial charge is 0.375 e. The molecule has 0 bridgehead atoms. The molecule has 0 spiro atoms. The fourth-order valence-electron chi connectivity index (χ4n) is 9.55. The minimum absolute atomic E-state index is 0.0159. The third-order valence-electron chi connectivity index (χ3n) is 12.2. The molecule has 1 heterocycles. The summed E-state index contributed by atoms with van der Waals surface area (Å²) < 4.78 is 69.4. The van der Waals surface area contributed by atoms with Gasteiger partial charge in [-0.05, 0) is 74.1 Å². The first-order chi connectivity index (χ1) is 26.9. The highest BCUT2D eigenvalue weighted by Gasteiger charge is 2.78. The molecule has 5 N–H and O–H groups in total. The fraction of sp³-hybridized carbons (Fsp3) is 0.590. The molecule has 0 radical (unpaired) electrons. The van der Waals surface area contributed by atoms with Gasteiger partial charge >= 0.3 is 11.9 Å². The molecule has 3 fully saturated rings. The van der Waals surface area contributed by atoms with E-state index in [1.54, 1.807) is 13.8 Å². The molecule has 3 saturated carbocycles. The summed E-state index contributed by atoms with van der Waals surface area (Å²) in [7, 11) is 0. The second-order valence-corrected chi connectivity index (χ2v) is 16.2. The Morgan fingerprint density at radius 2 is 1.95 bits per heavy atom. The molecule has 2 amide bonds. The Morgan fingerprint density at radius 3 is 2.63 bits per heavy atom. The maximum atomic E-state index is 17.7. The van der Waals surface area contributed by atoms with E-state index in [-0.39, 0.29) is 62.3 Å². The number of aliphatic hydroxyl groups is 1. The van der Waals surface area contributed by atoms with Crippen molar-refractivity contribution in [2.24, 2.45) is 34.3 Å². The maximum absolute atomic E-state index is 17.7. The average molecular weight is 824 g/mol. The van der Waals surface area contributed by atoms with Crippen LogP contribution in [0.4, 0.5) is 13.2 Å². The average Bonchev–Trinajstić information content (AvgIpc) is 3.73. The van der Waals surface area contributed by atoms with Gasteiger partial charge < -0.3 is 40.1 Å². The zero-order valence-electron chi connectivity index (χ0n) is 31.9. The van der Waals surface area contributed by atoms with Crippen LogP contribution in [0.3, 0.4) is 0 Å². The summed E-state index contributed by atoms with van der Waals surface area (Å²) in [5.41, 5.74) is -2.13. The van der Waals surface area contributed by atoms with Crippen LogP contribution in [0.15, 0.2) is 53.2 Å². The highest BCUT2D eigenvalue weighted by atomic mass is 32.2. The van der Waals surface area contributed by atoms with Gasteiger partial charge in [-0.1, -0.05) is 32.6 Å². The molecule has 4 aliphatic rings. The fourth-order valence-corrected chi connectivity index (χ4v) is 10.3. The number of carbonyl (C=O) groups excluding carboxylic acids is 6. The Kier molecular flexibility index (Phi) is 13.3. The number of hydrogen-bond acceptors (Lipinski definition) is 13. The quantitative estimate of drug-likeness (QED) is 0.0815. The highest BCUT2D eigenvalue weighted by molar-refractivity contribution is 8.13. The second-order valence-electron chi connectivity index (χ2n) is 15.3. The number of thioether (sulfide) groups is 1. The predicted molar refractivity (Wildman–Crippen MR) is 198 cm³/mol. The second kappa shape index (κ2) is 17.3. The number of esters is 2. The van der Waals surface area contributed by atoms with Crippen LogP contribution in [-0.2, 0) is 44.8 Å². The van der Waals surface area contributed by atoms with Crippen LogP contribution in [0.2, 0.25) is 0 Å². The van der Waals surface area contributed by atoms with Gasteiger partial charge in [0.2, 0.25) is 22.7 Å². The van der Waals surface area contributed by atoms with Gasteiger partial charge in [0.1, 0.15) is 31.6 Å². The van der Waals surface area contributed by atoms with Gasteiger partial charge in [0.25, 0.3) is 0 Å². The number of fused-ring (bicyclic) bond motifs is 5. The molecule has 57 heavy (non-hydrogen) atoms. The van der Waals surface area contributed by atoms with Gasteiger partial charge in [-0.3, -0.25) is 24.0 Å². The monoisotopic (exact) mass is 823 g/mol. The minimum Gasteiger partial charge on any atom is -0.461 e. The number of rotatable bonds is 16. The van der Waals surface area contributed by atoms with E-state index in [2.05, 4.69) is 17.2 Å². The van der Waals surface area contributed by atoms with Crippen LogP contribution in [0.25, 0.3) is 0 Å². The van der Waals surface area contributed by atoms with Crippen LogP contribution in [0.5, 0.6) is 0 Å². The molecule has 1 aromatic rings. The largest absolute Gasteiger partial charge is 0.461 e. The van der Waals surface area contributed by atoms with Gasteiger partial charge in [0.15, 0.2) is 17.1 Å². The van der Waals surface area contributed by atoms with E-state index in [1.807, 2.05) is 0 Å². The number of alkyl halides is 3. The summed E-state index contributed by atoms with van der Waals surface area (Å²) in [6.07, 6.45) is 1.55. The number of ketones is 1. The lowest BCUT2D eigenvalue weighted by Crippen LogP contribution is -2.70. The maximum Gasteiger partial charge on any atom is 0.375 e. The van der Waals surface area contributed by atoms with Gasteiger partial charge in [0, 0.05) is 34.7 Å². The first-order valence-electron chi connectivity index (χ1n) is 18.5. The number of allylic oxidation sites excluding steroid dienone is 4. The number of nitrogens with two attached hydrogens (primary N) is 1. The molecule has 14 nitrogen and oxygen atoms in total. The summed E-state index contributed by atoms with van der Waals surface area (Å²) >= 11 is 0.274. The van der Waals surface area contributed by atoms with Crippen molar-refractivity contribution in [3.63, 3.8) is 0 Å². The summed E-state index contributed by atoms with van der Waals surface area (Å²) in [4.78, 5) is 76.6. The van der Waals surface area contributed by atoms with Crippen LogP contribution in [0, 0.1) is 28.6 Å². The first kappa shape index (κ1) is 43.9. The molecule has 0 unspecified atom stereocenters. The van der Waals surface area contributed by atoms with E-state index in [0.717, 1.165) is 12.2 Å². The van der Waals surface area contributed by atoms with Gasteiger partial charge in [-0.2, -0.15) is 0 Å². The number of aliphatic hydroxyl groups excluding tert-OH is 1. The van der Waals surface area contributed by atoms with Crippen molar-refractivity contribution in [2.75, 3.05) is 25.9 Å². The molecule has 4 aliphatic carbocycles. The molecule has 10 atom stereocenters. The summed E-state index contributed by atoms with van der Waals surface area (Å²) in [6, 6.07) is -1.02. The van der Waals surface area contributed by atoms with E-state index in [0.29, 0.717) is 5.56 Å². The molecule has 0 aromatic carbocycles. The molecule has 0 saturated heterocycles. The van der Waals surface area contributed by atoms with Crippen LogP contribution in [0.1, 0.15) is 69.0 Å². The standard InChI is InChI=1S/C39H48F3N3O11S/c1-5-10-54-32(49)7-6-28(45-31(48)16-43)33(50)44-20-53-17-22-12-29(55-18-22)34(51)56-39(35(52)57-19-40)21(2)11-24-25-14-27(41)26-13-23(46)8-9-36(26,3)38(25,42)30(47)15-37(24,39)4/h5,8-9,12-13,18,21,24-25,27-28,30,47H,1,6-7,10-11,14-17,19-20,43H2,2-4H3,(H,44,50)(H,45,48)/t21-,24+,25+,27+,28+,30+,36+,37+,38+,39+/m1/s1. The zero-order chi connectivity index (χ0) is 41.9. The highest BCUT2D eigenvalue weighted by Crippen LogP contribution is 2.72. The van der Waals surface area contributed by atoms with Crippen LogP contribution < -0.4 is 16.4 Å². The normalized spacial score (nSPS) is 33.2. The van der Waals surface area contributed by atoms with Crippen molar-refractivity contribution in [3.05, 3.63) is 60.1 Å². The van der Waals surface area contributed by atoms with Gasteiger partial charge in [-0.25, -0.2) is 18.0 Å². The summed E-state index contributed by atoms with van der Waals surface area (Å²) in [5, 5.41) is 15.8. The molecule has 1 aromatic heterocycles. The molecular formula is C39H48F3N3O11S. The number of furan rings is 1. The van der Waals surface area contributed by atoms with Crippen LogP contribution in [-0.4, -0.2) is 95.2 Å². The van der Waals surface area contributed by atoms with E-state index >= 15 is 8.78 Å². The van der Waals surface area contributed by atoms with Gasteiger partial charge in [0.05, 0.1) is 25.5 Å². The molecule has 5 rings (SSSR count). The third kappa shape index (κ3) is 7.84. The van der Waals surface area contributed by atoms with Gasteiger partial charge in [-0.15, -0.1) is 0 Å². The molecular weight excluding hydrogens is 775 g/mol. The SMILES string of the molecule is C=CCOC(=O)CC[C@H](NC(=O)CN)C(=O)NCOCc1coc(C(=O)O[C@]2(C(=O)SCF)[C@H](C)C[C@H]3[C@@H]4C[C@H](F)C5=CC(=O)C=C[C@]5(C)[C@@]4(F)[C@@H](O)C[C@@]32C)c1.